The van der Waals surface area contributed by atoms with Gasteiger partial charge in [0.1, 0.15) is 11.5 Å². The van der Waals surface area contributed by atoms with E-state index in [2.05, 4.69) is 0 Å². The molecule has 2 aromatic rings. The van der Waals surface area contributed by atoms with E-state index < -0.39 is 5.97 Å². The first-order chi connectivity index (χ1) is 11.6. The van der Waals surface area contributed by atoms with Crippen molar-refractivity contribution in [3.63, 3.8) is 0 Å². The molecular formula is C19H14Cl2O3. The molecule has 1 aliphatic rings. The zero-order chi connectivity index (χ0) is 17.1. The maximum absolute atomic E-state index is 12.1. The van der Waals surface area contributed by atoms with Crippen molar-refractivity contribution in [3.8, 4) is 5.75 Å². The molecular weight excluding hydrogens is 347 g/mol. The van der Waals surface area contributed by atoms with E-state index in [4.69, 9.17) is 32.7 Å². The maximum atomic E-state index is 12.1. The predicted molar refractivity (Wildman–Crippen MR) is 96.1 cm³/mol. The fourth-order valence-corrected chi connectivity index (χ4v) is 2.76. The van der Waals surface area contributed by atoms with Crippen molar-refractivity contribution in [2.75, 3.05) is 6.61 Å². The number of carbonyl (C=O) groups excluding carboxylic acids is 1. The van der Waals surface area contributed by atoms with E-state index in [-0.39, 0.29) is 0 Å². The van der Waals surface area contributed by atoms with Crippen molar-refractivity contribution in [2.45, 2.75) is 6.92 Å². The van der Waals surface area contributed by atoms with E-state index in [9.17, 15) is 4.79 Å². The Hall–Kier alpha value is -2.23. The Balaban J connectivity index is 1.88. The lowest BCUT2D eigenvalue weighted by Gasteiger charge is -2.05. The van der Waals surface area contributed by atoms with E-state index in [0.29, 0.717) is 33.5 Å². The molecule has 0 unspecified atom stereocenters. The zero-order valence-corrected chi connectivity index (χ0v) is 14.4. The highest BCUT2D eigenvalue weighted by atomic mass is 35.5. The van der Waals surface area contributed by atoms with E-state index in [1.54, 1.807) is 30.4 Å². The molecule has 0 fully saturated rings. The van der Waals surface area contributed by atoms with Crippen LogP contribution >= 0.6 is 23.2 Å². The summed E-state index contributed by atoms with van der Waals surface area (Å²) in [5.41, 5.74) is 1.94. The van der Waals surface area contributed by atoms with Gasteiger partial charge in [-0.15, -0.1) is 0 Å². The van der Waals surface area contributed by atoms with Crippen LogP contribution in [0, 0.1) is 0 Å². The molecule has 0 radical (unpaired) electrons. The van der Waals surface area contributed by atoms with Gasteiger partial charge in [-0.1, -0.05) is 29.3 Å². The van der Waals surface area contributed by atoms with Gasteiger partial charge in [-0.25, -0.2) is 4.79 Å². The summed E-state index contributed by atoms with van der Waals surface area (Å²) in [6.07, 6.45) is 3.38. The standard InChI is InChI=1S/C19H14Cl2O3/c1-2-23-16-7-4-12(5-8-16)18-10-14(19(22)24-18)9-13-3-6-15(20)11-17(13)21/h3-11H,2H2,1H3/b14-9+. The molecule has 1 heterocycles. The van der Waals surface area contributed by atoms with Crippen LogP contribution in [0.2, 0.25) is 10.0 Å². The highest BCUT2D eigenvalue weighted by Crippen LogP contribution is 2.30. The lowest BCUT2D eigenvalue weighted by molar-refractivity contribution is -0.130. The summed E-state index contributed by atoms with van der Waals surface area (Å²) < 4.78 is 10.7. The van der Waals surface area contributed by atoms with Gasteiger partial charge in [-0.05, 0) is 61.0 Å². The van der Waals surface area contributed by atoms with Crippen molar-refractivity contribution in [3.05, 3.63) is 75.3 Å². The van der Waals surface area contributed by atoms with Crippen LogP contribution in [-0.2, 0) is 9.53 Å². The average molecular weight is 361 g/mol. The second kappa shape index (κ2) is 7.12. The number of hydrogen-bond donors (Lipinski definition) is 0. The van der Waals surface area contributed by atoms with Crippen LogP contribution in [0.15, 0.2) is 54.1 Å². The smallest absolute Gasteiger partial charge is 0.343 e. The Bertz CT molecular complexity index is 836. The number of rotatable bonds is 4. The molecule has 3 nitrogen and oxygen atoms in total. The summed E-state index contributed by atoms with van der Waals surface area (Å²) in [5.74, 6) is 0.860. The van der Waals surface area contributed by atoms with Crippen LogP contribution in [0.3, 0.4) is 0 Å². The number of ether oxygens (including phenoxy) is 2. The van der Waals surface area contributed by atoms with Crippen molar-refractivity contribution in [1.29, 1.82) is 0 Å². The van der Waals surface area contributed by atoms with Gasteiger partial charge in [-0.3, -0.25) is 0 Å². The first-order valence-corrected chi connectivity index (χ1v) is 8.16. The number of halogens is 2. The largest absolute Gasteiger partial charge is 0.494 e. The molecule has 0 saturated heterocycles. The first kappa shape index (κ1) is 16.6. The van der Waals surface area contributed by atoms with Crippen LogP contribution in [0.25, 0.3) is 11.8 Å². The third kappa shape index (κ3) is 3.64. The van der Waals surface area contributed by atoms with Gasteiger partial charge in [0.2, 0.25) is 0 Å². The van der Waals surface area contributed by atoms with Crippen molar-refractivity contribution >= 4 is 41.0 Å². The molecule has 0 saturated carbocycles. The average Bonchev–Trinajstić information content (AvgIpc) is 2.92. The summed E-state index contributed by atoms with van der Waals surface area (Å²) in [5, 5.41) is 1.02. The summed E-state index contributed by atoms with van der Waals surface area (Å²) in [4.78, 5) is 12.1. The molecule has 0 amide bonds. The molecule has 0 spiro atoms. The number of cyclic esters (lactones) is 1. The van der Waals surface area contributed by atoms with E-state index >= 15 is 0 Å². The molecule has 2 aromatic carbocycles. The summed E-state index contributed by atoms with van der Waals surface area (Å²) in [6, 6.07) is 12.5. The molecule has 3 rings (SSSR count). The first-order valence-electron chi connectivity index (χ1n) is 7.40. The maximum Gasteiger partial charge on any atom is 0.343 e. The Morgan fingerprint density at radius 1 is 1.12 bits per heavy atom. The SMILES string of the molecule is CCOc1ccc(C2=C/C(=C\c3ccc(Cl)cc3Cl)C(=O)O2)cc1. The number of esters is 1. The Kier molecular flexibility index (Phi) is 4.93. The summed E-state index contributed by atoms with van der Waals surface area (Å²) >= 11 is 12.0. The van der Waals surface area contributed by atoms with Gasteiger partial charge in [0.25, 0.3) is 0 Å². The Morgan fingerprint density at radius 2 is 1.88 bits per heavy atom. The van der Waals surface area contributed by atoms with Gasteiger partial charge in [-0.2, -0.15) is 0 Å². The van der Waals surface area contributed by atoms with Crippen molar-refractivity contribution in [1.82, 2.24) is 0 Å². The number of hydrogen-bond acceptors (Lipinski definition) is 3. The fraction of sp³-hybridized carbons (Fsp3) is 0.105. The third-order valence-electron chi connectivity index (χ3n) is 3.45. The molecule has 0 atom stereocenters. The summed E-state index contributed by atoms with van der Waals surface area (Å²) in [7, 11) is 0. The number of benzene rings is 2. The highest BCUT2D eigenvalue weighted by molar-refractivity contribution is 6.35. The van der Waals surface area contributed by atoms with Crippen LogP contribution in [0.1, 0.15) is 18.1 Å². The minimum atomic E-state index is -0.412. The lowest BCUT2D eigenvalue weighted by Crippen LogP contribution is -1.97. The summed E-state index contributed by atoms with van der Waals surface area (Å²) in [6.45, 7) is 2.53. The molecule has 5 heteroatoms. The topological polar surface area (TPSA) is 35.5 Å². The van der Waals surface area contributed by atoms with Crippen molar-refractivity contribution < 1.29 is 14.3 Å². The molecule has 122 valence electrons. The Labute approximate surface area is 150 Å². The third-order valence-corrected chi connectivity index (χ3v) is 4.01. The van der Waals surface area contributed by atoms with Crippen molar-refractivity contribution in [2.24, 2.45) is 0 Å². The molecule has 0 aromatic heterocycles. The van der Waals surface area contributed by atoms with Gasteiger partial charge in [0.05, 0.1) is 12.2 Å². The predicted octanol–water partition coefficient (Wildman–Crippen LogP) is 5.37. The molecule has 1 aliphatic heterocycles. The van der Waals surface area contributed by atoms with E-state index in [1.807, 2.05) is 31.2 Å². The molecule has 0 N–H and O–H groups in total. The quantitative estimate of drug-likeness (QED) is 0.542. The van der Waals surface area contributed by atoms with E-state index in [1.165, 1.54) is 0 Å². The van der Waals surface area contributed by atoms with Gasteiger partial charge in [0, 0.05) is 15.6 Å². The van der Waals surface area contributed by atoms with Gasteiger partial charge in [0.15, 0.2) is 0 Å². The van der Waals surface area contributed by atoms with Crippen LogP contribution < -0.4 is 4.74 Å². The van der Waals surface area contributed by atoms with Gasteiger partial charge < -0.3 is 9.47 Å². The lowest BCUT2D eigenvalue weighted by atomic mass is 10.1. The van der Waals surface area contributed by atoms with Gasteiger partial charge >= 0.3 is 5.97 Å². The fourth-order valence-electron chi connectivity index (χ4n) is 2.30. The molecule has 24 heavy (non-hydrogen) atoms. The normalized spacial score (nSPS) is 15.4. The molecule has 0 bridgehead atoms. The second-order valence-electron chi connectivity index (χ2n) is 5.12. The zero-order valence-electron chi connectivity index (χ0n) is 12.9. The highest BCUT2D eigenvalue weighted by Gasteiger charge is 2.22. The van der Waals surface area contributed by atoms with Crippen LogP contribution in [0.4, 0.5) is 0 Å². The van der Waals surface area contributed by atoms with E-state index in [0.717, 1.165) is 11.3 Å². The minimum Gasteiger partial charge on any atom is -0.494 e. The molecule has 0 aliphatic carbocycles. The van der Waals surface area contributed by atoms with Crippen LogP contribution in [-0.4, -0.2) is 12.6 Å². The number of carbonyl (C=O) groups is 1. The minimum absolute atomic E-state index is 0.412. The monoisotopic (exact) mass is 360 g/mol. The van der Waals surface area contributed by atoms with Crippen LogP contribution in [0.5, 0.6) is 5.75 Å². The Morgan fingerprint density at radius 3 is 2.54 bits per heavy atom. The second-order valence-corrected chi connectivity index (χ2v) is 5.96.